The average molecular weight is 218 g/mol. The van der Waals surface area contributed by atoms with Crippen molar-refractivity contribution in [3.63, 3.8) is 0 Å². The summed E-state index contributed by atoms with van der Waals surface area (Å²) in [7, 11) is 3.76. The van der Waals surface area contributed by atoms with Gasteiger partial charge in [0, 0.05) is 25.2 Å². The molecule has 86 valence electrons. The van der Waals surface area contributed by atoms with Crippen LogP contribution in [-0.2, 0) is 4.79 Å². The van der Waals surface area contributed by atoms with Crippen LogP contribution in [-0.4, -0.2) is 20.0 Å². The van der Waals surface area contributed by atoms with Gasteiger partial charge in [-0.3, -0.25) is 4.79 Å². The zero-order valence-corrected chi connectivity index (χ0v) is 10.3. The van der Waals surface area contributed by atoms with Crippen molar-refractivity contribution in [2.75, 3.05) is 19.0 Å². The number of hydrogen-bond acceptors (Lipinski definition) is 2. The van der Waals surface area contributed by atoms with E-state index in [2.05, 4.69) is 31.3 Å². The smallest absolute Gasteiger partial charge is 0.228 e. The van der Waals surface area contributed by atoms with Gasteiger partial charge < -0.3 is 10.2 Å². The number of aryl methyl sites for hydroxylation is 2. The van der Waals surface area contributed by atoms with Crippen molar-refractivity contribution in [1.29, 1.82) is 0 Å². The van der Waals surface area contributed by atoms with Gasteiger partial charge in [0.15, 0.2) is 0 Å². The predicted octanol–water partition coefficient (Wildman–Crippen LogP) is 1.93. The van der Waals surface area contributed by atoms with E-state index in [4.69, 9.17) is 0 Å². The van der Waals surface area contributed by atoms with Crippen LogP contribution in [0.1, 0.15) is 29.2 Å². The molecule has 0 fully saturated rings. The molecule has 0 bridgehead atoms. The minimum Gasteiger partial charge on any atom is -0.315 e. The van der Waals surface area contributed by atoms with Gasteiger partial charge in [-0.2, -0.15) is 0 Å². The summed E-state index contributed by atoms with van der Waals surface area (Å²) in [5.41, 5.74) is 4.77. The summed E-state index contributed by atoms with van der Waals surface area (Å²) in [6.45, 7) is 4.17. The first-order valence-electron chi connectivity index (χ1n) is 5.59. The summed E-state index contributed by atoms with van der Waals surface area (Å²) < 4.78 is 0. The molecule has 3 heteroatoms. The van der Waals surface area contributed by atoms with Crippen molar-refractivity contribution in [2.24, 2.45) is 0 Å². The van der Waals surface area contributed by atoms with Crippen LogP contribution in [0.25, 0.3) is 0 Å². The molecule has 1 aromatic carbocycles. The molecule has 0 saturated heterocycles. The van der Waals surface area contributed by atoms with Gasteiger partial charge in [0.2, 0.25) is 5.91 Å². The lowest BCUT2D eigenvalue weighted by Crippen LogP contribution is -2.37. The third kappa shape index (κ3) is 1.61. The fourth-order valence-electron chi connectivity index (χ4n) is 2.48. The largest absolute Gasteiger partial charge is 0.315 e. The van der Waals surface area contributed by atoms with E-state index in [0.717, 1.165) is 5.69 Å². The first kappa shape index (κ1) is 11.1. The van der Waals surface area contributed by atoms with Crippen LogP contribution in [0.4, 0.5) is 5.69 Å². The predicted molar refractivity (Wildman–Crippen MR) is 65.7 cm³/mol. The SMILES string of the molecule is CNC1CC(=O)N(C)c2cc(C)cc(C)c21. The molecular weight excluding hydrogens is 200 g/mol. The maximum absolute atomic E-state index is 11.8. The van der Waals surface area contributed by atoms with Crippen LogP contribution in [0.2, 0.25) is 0 Å². The summed E-state index contributed by atoms with van der Waals surface area (Å²) in [6, 6.07) is 4.41. The Bertz CT molecular complexity index is 440. The zero-order valence-electron chi connectivity index (χ0n) is 10.3. The summed E-state index contributed by atoms with van der Waals surface area (Å²) >= 11 is 0. The van der Waals surface area contributed by atoms with E-state index in [1.54, 1.807) is 4.90 Å². The van der Waals surface area contributed by atoms with Crippen LogP contribution in [0.15, 0.2) is 12.1 Å². The van der Waals surface area contributed by atoms with Gasteiger partial charge in [-0.1, -0.05) is 6.07 Å². The Morgan fingerprint density at radius 2 is 2.06 bits per heavy atom. The van der Waals surface area contributed by atoms with E-state index >= 15 is 0 Å². The van der Waals surface area contributed by atoms with E-state index in [1.807, 2.05) is 14.1 Å². The highest BCUT2D eigenvalue weighted by Gasteiger charge is 2.29. The van der Waals surface area contributed by atoms with E-state index in [1.165, 1.54) is 16.7 Å². The molecule has 3 nitrogen and oxygen atoms in total. The van der Waals surface area contributed by atoms with Crippen molar-refractivity contribution in [2.45, 2.75) is 26.3 Å². The van der Waals surface area contributed by atoms with Crippen molar-refractivity contribution >= 4 is 11.6 Å². The minimum absolute atomic E-state index is 0.152. The van der Waals surface area contributed by atoms with Crippen molar-refractivity contribution in [1.82, 2.24) is 5.32 Å². The van der Waals surface area contributed by atoms with Gasteiger partial charge in [-0.05, 0) is 43.7 Å². The number of benzene rings is 1. The first-order chi connectivity index (χ1) is 7.54. The quantitative estimate of drug-likeness (QED) is 0.781. The van der Waals surface area contributed by atoms with E-state index in [0.29, 0.717) is 6.42 Å². The molecule has 16 heavy (non-hydrogen) atoms. The lowest BCUT2D eigenvalue weighted by molar-refractivity contribution is -0.119. The molecule has 1 heterocycles. The summed E-state index contributed by atoms with van der Waals surface area (Å²) in [5, 5.41) is 3.22. The third-order valence-corrected chi connectivity index (χ3v) is 3.32. The second kappa shape index (κ2) is 3.91. The minimum atomic E-state index is 0.152. The number of carbonyl (C=O) groups is 1. The third-order valence-electron chi connectivity index (χ3n) is 3.32. The molecule has 2 rings (SSSR count). The molecule has 1 aliphatic rings. The molecule has 0 aliphatic carbocycles. The number of hydrogen-bond donors (Lipinski definition) is 1. The Morgan fingerprint density at radius 3 is 2.69 bits per heavy atom. The van der Waals surface area contributed by atoms with Crippen molar-refractivity contribution < 1.29 is 4.79 Å². The number of nitrogens with zero attached hydrogens (tertiary/aromatic N) is 1. The Labute approximate surface area is 96.5 Å². The van der Waals surface area contributed by atoms with Gasteiger partial charge in [0.1, 0.15) is 0 Å². The molecule has 0 saturated carbocycles. The van der Waals surface area contributed by atoms with E-state index in [-0.39, 0.29) is 11.9 Å². The van der Waals surface area contributed by atoms with Gasteiger partial charge in [-0.25, -0.2) is 0 Å². The standard InChI is InChI=1S/C13H18N2O/c1-8-5-9(2)13-10(14-3)7-12(16)15(4)11(13)6-8/h5-6,10,14H,7H2,1-4H3. The van der Waals surface area contributed by atoms with Crippen LogP contribution in [0.3, 0.4) is 0 Å². The molecule has 1 aromatic rings. The number of fused-ring (bicyclic) bond motifs is 1. The topological polar surface area (TPSA) is 32.3 Å². The molecule has 0 aromatic heterocycles. The van der Waals surface area contributed by atoms with Crippen molar-refractivity contribution in [3.05, 3.63) is 28.8 Å². The van der Waals surface area contributed by atoms with E-state index < -0.39 is 0 Å². The Kier molecular flexibility index (Phi) is 2.72. The average Bonchev–Trinajstić information content (AvgIpc) is 2.23. The highest BCUT2D eigenvalue weighted by atomic mass is 16.2. The molecule has 0 radical (unpaired) electrons. The zero-order chi connectivity index (χ0) is 11.9. The summed E-state index contributed by atoms with van der Waals surface area (Å²) in [6.07, 6.45) is 0.546. The monoisotopic (exact) mass is 218 g/mol. The number of rotatable bonds is 1. The molecule has 1 N–H and O–H groups in total. The Morgan fingerprint density at radius 1 is 1.38 bits per heavy atom. The van der Waals surface area contributed by atoms with Gasteiger partial charge in [0.25, 0.3) is 0 Å². The number of amides is 1. The molecule has 1 atom stereocenters. The first-order valence-corrected chi connectivity index (χ1v) is 5.59. The Hall–Kier alpha value is -1.35. The lowest BCUT2D eigenvalue weighted by Gasteiger charge is -2.33. The summed E-state index contributed by atoms with van der Waals surface area (Å²) in [5.74, 6) is 0.178. The summed E-state index contributed by atoms with van der Waals surface area (Å²) in [4.78, 5) is 13.6. The normalized spacial score (nSPS) is 19.9. The van der Waals surface area contributed by atoms with Crippen LogP contribution in [0, 0.1) is 13.8 Å². The van der Waals surface area contributed by atoms with Gasteiger partial charge in [0.05, 0.1) is 0 Å². The maximum atomic E-state index is 11.8. The van der Waals surface area contributed by atoms with Crippen LogP contribution >= 0.6 is 0 Å². The number of nitrogens with one attached hydrogen (secondary N) is 1. The maximum Gasteiger partial charge on any atom is 0.228 e. The number of carbonyl (C=O) groups excluding carboxylic acids is 1. The second-order valence-corrected chi connectivity index (χ2v) is 4.51. The van der Waals surface area contributed by atoms with Gasteiger partial charge >= 0.3 is 0 Å². The number of anilines is 1. The lowest BCUT2D eigenvalue weighted by atomic mass is 9.91. The second-order valence-electron chi connectivity index (χ2n) is 4.51. The van der Waals surface area contributed by atoms with E-state index in [9.17, 15) is 4.79 Å². The molecule has 1 amide bonds. The Balaban J connectivity index is 2.63. The fourth-order valence-corrected chi connectivity index (χ4v) is 2.48. The molecule has 0 spiro atoms. The van der Waals surface area contributed by atoms with Crippen molar-refractivity contribution in [3.8, 4) is 0 Å². The van der Waals surface area contributed by atoms with Crippen LogP contribution < -0.4 is 10.2 Å². The molecular formula is C13H18N2O. The fraction of sp³-hybridized carbons (Fsp3) is 0.462. The highest BCUT2D eigenvalue weighted by Crippen LogP contribution is 2.36. The highest BCUT2D eigenvalue weighted by molar-refractivity contribution is 5.97. The van der Waals surface area contributed by atoms with Crippen LogP contribution in [0.5, 0.6) is 0 Å². The van der Waals surface area contributed by atoms with Gasteiger partial charge in [-0.15, -0.1) is 0 Å². The molecule has 1 aliphatic heterocycles. The molecule has 1 unspecified atom stereocenters.